The number of ether oxygens (including phenoxy) is 4. The van der Waals surface area contributed by atoms with Crippen LogP contribution in [0.2, 0.25) is 0 Å². The zero-order valence-corrected chi connectivity index (χ0v) is 58.2. The minimum atomic E-state index is -0.763. The summed E-state index contributed by atoms with van der Waals surface area (Å²) < 4.78 is 54.0. The quantitative estimate of drug-likeness (QED) is 0.0260. The number of nitrogens with two attached hydrogens (primary N) is 1. The summed E-state index contributed by atoms with van der Waals surface area (Å²) in [5, 5.41) is 11.3. The molecule has 0 aliphatic carbocycles. The van der Waals surface area contributed by atoms with Crippen molar-refractivity contribution in [3.05, 3.63) is 152 Å². The Kier molecular flexibility index (Phi) is 22.8. The van der Waals surface area contributed by atoms with E-state index in [1.54, 1.807) is 117 Å². The van der Waals surface area contributed by atoms with E-state index in [2.05, 4.69) is 50.6 Å². The topological polar surface area (TPSA) is 349 Å². The molecule has 32 heteroatoms. The number of carbonyl (C=O) groups excluding carboxylic acids is 4. The predicted molar refractivity (Wildman–Crippen MR) is 367 cm³/mol. The van der Waals surface area contributed by atoms with Crippen LogP contribution in [-0.2, 0) is 70.8 Å². The van der Waals surface area contributed by atoms with Crippen molar-refractivity contribution >= 4 is 101 Å². The number of nitrogens with zero attached hydrogens (tertiary/aromatic N) is 17. The van der Waals surface area contributed by atoms with E-state index in [9.17, 15) is 28.0 Å². The van der Waals surface area contributed by atoms with E-state index in [0.717, 1.165) is 16.1 Å². The summed E-state index contributed by atoms with van der Waals surface area (Å²) in [5.74, 6) is 0.878. The van der Waals surface area contributed by atoms with Crippen LogP contribution >= 0.6 is 22.7 Å². The second kappa shape index (κ2) is 30.9. The van der Waals surface area contributed by atoms with Crippen LogP contribution in [0.4, 0.5) is 39.6 Å². The number of carbonyl (C=O) groups is 4. The molecule has 0 atom stereocenters. The predicted octanol–water partition coefficient (Wildman–Crippen LogP) is 13.0. The molecule has 0 spiro atoms. The first kappa shape index (κ1) is 72.1. The number of pyridine rings is 2. The van der Waals surface area contributed by atoms with Gasteiger partial charge in [0.2, 0.25) is 0 Å². The largest absolute Gasteiger partial charge is 0.444 e. The number of anilines is 2. The lowest BCUT2D eigenvalue weighted by Crippen LogP contribution is -2.39. The van der Waals surface area contributed by atoms with Crippen molar-refractivity contribution in [3.8, 4) is 0 Å². The minimum absolute atomic E-state index is 0.112. The number of aromatic nitrogens is 12. The van der Waals surface area contributed by atoms with Gasteiger partial charge in [0.1, 0.15) is 79.0 Å². The van der Waals surface area contributed by atoms with E-state index < -0.39 is 58.4 Å². The van der Waals surface area contributed by atoms with Crippen molar-refractivity contribution in [3.63, 3.8) is 0 Å². The fourth-order valence-corrected chi connectivity index (χ4v) is 11.5. The number of imidazole rings is 2. The van der Waals surface area contributed by atoms with Crippen molar-refractivity contribution in [1.82, 2.24) is 68.8 Å². The van der Waals surface area contributed by atoms with Gasteiger partial charge in [-0.25, -0.2) is 77.0 Å². The van der Waals surface area contributed by atoms with E-state index in [0.29, 0.717) is 90.4 Å². The van der Waals surface area contributed by atoms with Gasteiger partial charge in [0, 0.05) is 75.7 Å². The Balaban J connectivity index is 0.000000229. The number of hydrogen-bond acceptors (Lipinski definition) is 24. The van der Waals surface area contributed by atoms with Crippen LogP contribution in [0.5, 0.6) is 0 Å². The third-order valence-electron chi connectivity index (χ3n) is 14.0. The van der Waals surface area contributed by atoms with Gasteiger partial charge in [0.15, 0.2) is 11.6 Å². The number of azide groups is 1. The molecule has 0 saturated carbocycles. The van der Waals surface area contributed by atoms with E-state index >= 15 is 0 Å². The Bertz CT molecular complexity index is 4560. The van der Waals surface area contributed by atoms with Crippen LogP contribution in [0.25, 0.3) is 53.2 Å². The molecule has 0 unspecified atom stereocenters. The molecule has 10 aromatic rings. The molecule has 0 bridgehead atoms. The number of halogens is 2. The van der Waals surface area contributed by atoms with Crippen molar-refractivity contribution in [2.24, 2.45) is 10.8 Å². The molecule has 10 rings (SSSR count). The zero-order chi connectivity index (χ0) is 70.7. The fraction of sp³-hybridized carbons (Fsp3) is 0.424. The van der Waals surface area contributed by atoms with Gasteiger partial charge in [-0.05, 0) is 148 Å². The molecule has 28 nitrogen and oxygen atoms in total. The average Bonchev–Trinajstić information content (AvgIpc) is 1.66. The molecule has 4 N–H and O–H groups in total. The Hall–Kier alpha value is -10.2. The summed E-state index contributed by atoms with van der Waals surface area (Å²) in [5.41, 5.74) is 17.1. The highest BCUT2D eigenvalue weighted by atomic mass is 32.1. The van der Waals surface area contributed by atoms with E-state index in [-0.39, 0.29) is 70.0 Å². The summed E-state index contributed by atoms with van der Waals surface area (Å²) in [6.07, 6.45) is 4.88. The molecule has 0 fully saturated rings. The number of thiazole rings is 2. The van der Waals surface area contributed by atoms with E-state index in [1.165, 1.54) is 81.1 Å². The van der Waals surface area contributed by atoms with Crippen LogP contribution in [0.1, 0.15) is 127 Å². The SMILES string of the molecule is CC(C)(C)OC(=O)N(CCc1nc2c(NCc3ncccc3F)ncnc2s1)CCc1nc2cc(CN)ccc2n1C(=O)OC(C)(C)C.CC(C)(C)OC(=O)N(CCc1nc2c(NCc3ncccc3F)ncnc2s1)CCc1nc2cc(CN=[N+]=[N-])ccc2n1C(=O)OC(C)(C)C. The third kappa shape index (κ3) is 19.5. The highest BCUT2D eigenvalue weighted by molar-refractivity contribution is 7.18. The van der Waals surface area contributed by atoms with Gasteiger partial charge in [0.05, 0.1) is 63.1 Å². The second-order valence-electron chi connectivity index (χ2n) is 26.4. The monoisotopic (exact) mass is 1380 g/mol. The molecule has 0 aliphatic rings. The van der Waals surface area contributed by atoms with Crippen LogP contribution in [0.15, 0.2) is 90.8 Å². The number of rotatable bonds is 21. The summed E-state index contributed by atoms with van der Waals surface area (Å²) >= 11 is 2.74. The first-order chi connectivity index (χ1) is 46.4. The molecule has 0 saturated heterocycles. The van der Waals surface area contributed by atoms with Crippen LogP contribution in [0, 0.1) is 11.6 Å². The maximum absolute atomic E-state index is 14.1. The smallest absolute Gasteiger partial charge is 0.420 e. The number of amides is 2. The van der Waals surface area contributed by atoms with E-state index in [1.807, 2.05) is 12.1 Å². The van der Waals surface area contributed by atoms with Crippen molar-refractivity contribution < 1.29 is 46.9 Å². The number of fused-ring (bicyclic) bond motifs is 4. The summed E-state index contributed by atoms with van der Waals surface area (Å²) in [7, 11) is 0. The van der Waals surface area contributed by atoms with E-state index in [4.69, 9.17) is 50.1 Å². The maximum atomic E-state index is 14.1. The fourth-order valence-electron chi connectivity index (χ4n) is 9.72. The molecule has 0 aliphatic heterocycles. The first-order valence-electron chi connectivity index (χ1n) is 31.4. The highest BCUT2D eigenvalue weighted by Gasteiger charge is 2.30. The van der Waals surface area contributed by atoms with Crippen LogP contribution in [0.3, 0.4) is 0 Å². The number of benzene rings is 2. The molecule has 98 heavy (non-hydrogen) atoms. The molecular weight excluding hydrogens is 1300 g/mol. The Morgan fingerprint density at radius 1 is 0.561 bits per heavy atom. The van der Waals surface area contributed by atoms with Crippen LogP contribution < -0.4 is 16.4 Å². The summed E-state index contributed by atoms with van der Waals surface area (Å²) in [6.45, 7) is 23.1. The van der Waals surface area contributed by atoms with Crippen LogP contribution in [-0.4, -0.2) is 142 Å². The van der Waals surface area contributed by atoms with Gasteiger partial charge in [-0.2, -0.15) is 0 Å². The third-order valence-corrected chi connectivity index (χ3v) is 16.0. The maximum Gasteiger partial charge on any atom is 0.420 e. The van der Waals surface area contributed by atoms with Gasteiger partial charge in [-0.3, -0.25) is 9.97 Å². The standard InChI is InChI=1S/C33H38FN11O4S.C33H40FN9O4S/c1-32(2,3)48-30(46)44(15-12-26-42-27-28(38-19-39-29(27)50-26)37-18-23-21(34)8-7-13-36-23)14-11-25-41-22-16-20(17-40-43-35)9-10-24(22)45(25)31(47)49-33(4,5)6;1-32(2,3)46-30(44)42(14-11-25-40-22-16-20(17-35)9-10-24(22)43(25)31(45)47-33(4,5)6)15-12-26-41-27-28(38-19-39-29(27)48-26)37-18-23-21(34)8-7-13-36-23/h7-10,13,16,19H,11-12,14-15,17-18H2,1-6H3,(H,37,38,39);7-10,13,16,19H,11-12,14-15,17-18,35H2,1-6H3,(H,37,38,39). The Labute approximate surface area is 571 Å². The van der Waals surface area contributed by atoms with Crippen molar-refractivity contribution in [1.29, 1.82) is 0 Å². The van der Waals surface area contributed by atoms with Crippen molar-refractivity contribution in [2.45, 2.75) is 157 Å². The lowest BCUT2D eigenvalue weighted by atomic mass is 10.2. The highest BCUT2D eigenvalue weighted by Crippen LogP contribution is 2.30. The van der Waals surface area contributed by atoms with Gasteiger partial charge in [-0.15, -0.1) is 0 Å². The van der Waals surface area contributed by atoms with Gasteiger partial charge >= 0.3 is 24.4 Å². The number of nitrogens with one attached hydrogen (secondary N) is 2. The lowest BCUT2D eigenvalue weighted by Gasteiger charge is -2.27. The minimum Gasteiger partial charge on any atom is -0.444 e. The van der Waals surface area contributed by atoms with Gasteiger partial charge in [-0.1, -0.05) is 39.9 Å². The molecule has 8 aromatic heterocycles. The number of hydrogen-bond donors (Lipinski definition) is 3. The summed E-state index contributed by atoms with van der Waals surface area (Å²) in [6, 6.07) is 16.5. The first-order valence-corrected chi connectivity index (χ1v) is 33.1. The lowest BCUT2D eigenvalue weighted by molar-refractivity contribution is 0.0241. The van der Waals surface area contributed by atoms with Crippen molar-refractivity contribution in [2.75, 3.05) is 36.8 Å². The second-order valence-corrected chi connectivity index (χ2v) is 28.5. The molecular formula is C66H78F2N20O8S2. The summed E-state index contributed by atoms with van der Waals surface area (Å²) in [4.78, 5) is 105. The molecule has 2 aromatic carbocycles. The Morgan fingerprint density at radius 2 is 0.969 bits per heavy atom. The normalized spacial score (nSPS) is 11.9. The molecule has 8 heterocycles. The molecule has 2 amide bonds. The van der Waals surface area contributed by atoms with Gasteiger partial charge in [0.25, 0.3) is 0 Å². The Morgan fingerprint density at radius 3 is 1.37 bits per heavy atom. The molecule has 0 radical (unpaired) electrons. The zero-order valence-electron chi connectivity index (χ0n) is 56.6. The van der Waals surface area contributed by atoms with Gasteiger partial charge < -0.3 is 45.1 Å². The average molecular weight is 1380 g/mol. The molecule has 516 valence electrons.